The highest BCUT2D eigenvalue weighted by Crippen LogP contribution is 2.19. The molecular formula is C18H24N4O2. The molecule has 0 atom stereocenters. The smallest absolute Gasteiger partial charge is 0.228 e. The molecule has 2 amide bonds. The number of piperazine rings is 1. The summed E-state index contributed by atoms with van der Waals surface area (Å²) in [4.78, 5) is 35.8. The van der Waals surface area contributed by atoms with Crippen molar-refractivity contribution in [3.63, 3.8) is 0 Å². The first-order valence-electron chi connectivity index (χ1n) is 8.34. The fraction of sp³-hybridized carbons (Fsp3) is 0.500. The van der Waals surface area contributed by atoms with Gasteiger partial charge in [-0.2, -0.15) is 0 Å². The van der Waals surface area contributed by atoms with Gasteiger partial charge in [0.15, 0.2) is 0 Å². The van der Waals surface area contributed by atoms with Crippen molar-refractivity contribution < 1.29 is 9.59 Å². The predicted molar refractivity (Wildman–Crippen MR) is 92.4 cm³/mol. The summed E-state index contributed by atoms with van der Waals surface area (Å²) in [6, 6.07) is 5.84. The van der Waals surface area contributed by atoms with Crippen LogP contribution in [-0.2, 0) is 16.0 Å². The number of hydrogen-bond donors (Lipinski definition) is 1. The minimum Gasteiger partial charge on any atom is -0.345 e. The highest BCUT2D eigenvalue weighted by molar-refractivity contribution is 5.83. The Morgan fingerprint density at radius 3 is 2.46 bits per heavy atom. The minimum absolute atomic E-state index is 0.108. The van der Waals surface area contributed by atoms with Gasteiger partial charge in [0.1, 0.15) is 0 Å². The quantitative estimate of drug-likeness (QED) is 0.914. The van der Waals surface area contributed by atoms with Crippen LogP contribution in [0.3, 0.4) is 0 Å². The summed E-state index contributed by atoms with van der Waals surface area (Å²) < 4.78 is 0. The standard InChI is InChI=1S/C18H24N4O2/c1-18(2,3)17(24)22-8-6-21(7-9-22)16(23)11-13-4-5-14-15(10-13)20-12-19-14/h4-5,10,12H,6-9,11H2,1-3H3,(H,19,20). The van der Waals surface area contributed by atoms with Crippen molar-refractivity contribution in [3.05, 3.63) is 30.1 Å². The van der Waals surface area contributed by atoms with Crippen LogP contribution in [0.4, 0.5) is 0 Å². The third-order valence-corrected chi connectivity index (χ3v) is 4.40. The average Bonchev–Trinajstić information content (AvgIpc) is 3.01. The summed E-state index contributed by atoms with van der Waals surface area (Å²) in [5, 5.41) is 0. The molecule has 24 heavy (non-hydrogen) atoms. The molecule has 3 rings (SSSR count). The Balaban J connectivity index is 1.58. The Hall–Kier alpha value is -2.37. The summed E-state index contributed by atoms with van der Waals surface area (Å²) in [7, 11) is 0. The summed E-state index contributed by atoms with van der Waals surface area (Å²) in [5.74, 6) is 0.260. The van der Waals surface area contributed by atoms with E-state index in [4.69, 9.17) is 0 Å². The van der Waals surface area contributed by atoms with Gasteiger partial charge in [-0.05, 0) is 17.7 Å². The summed E-state index contributed by atoms with van der Waals surface area (Å²) in [6.45, 7) is 8.22. The predicted octanol–water partition coefficient (Wildman–Crippen LogP) is 1.82. The van der Waals surface area contributed by atoms with Crippen LogP contribution in [0.25, 0.3) is 11.0 Å². The molecule has 0 bridgehead atoms. The molecular weight excluding hydrogens is 304 g/mol. The van der Waals surface area contributed by atoms with Gasteiger partial charge >= 0.3 is 0 Å². The molecule has 2 heterocycles. The summed E-state index contributed by atoms with van der Waals surface area (Å²) >= 11 is 0. The van der Waals surface area contributed by atoms with Crippen LogP contribution < -0.4 is 0 Å². The molecule has 6 nitrogen and oxygen atoms in total. The van der Waals surface area contributed by atoms with Gasteiger partial charge in [-0.25, -0.2) is 4.98 Å². The van der Waals surface area contributed by atoms with Crippen molar-refractivity contribution in [2.75, 3.05) is 26.2 Å². The van der Waals surface area contributed by atoms with E-state index in [-0.39, 0.29) is 17.2 Å². The van der Waals surface area contributed by atoms with E-state index < -0.39 is 0 Å². The molecule has 0 aliphatic carbocycles. The number of aromatic amines is 1. The molecule has 1 aromatic carbocycles. The van der Waals surface area contributed by atoms with E-state index in [1.165, 1.54) is 0 Å². The monoisotopic (exact) mass is 328 g/mol. The van der Waals surface area contributed by atoms with Crippen LogP contribution in [0.2, 0.25) is 0 Å². The Morgan fingerprint density at radius 1 is 1.12 bits per heavy atom. The highest BCUT2D eigenvalue weighted by atomic mass is 16.2. The van der Waals surface area contributed by atoms with Crippen LogP contribution in [0.15, 0.2) is 24.5 Å². The van der Waals surface area contributed by atoms with Gasteiger partial charge in [-0.1, -0.05) is 26.8 Å². The SMILES string of the molecule is CC(C)(C)C(=O)N1CCN(C(=O)Cc2ccc3nc[nH]c3c2)CC1. The van der Waals surface area contributed by atoms with Gasteiger partial charge in [-0.15, -0.1) is 0 Å². The van der Waals surface area contributed by atoms with Gasteiger partial charge in [0.05, 0.1) is 23.8 Å². The van der Waals surface area contributed by atoms with Crippen molar-refractivity contribution >= 4 is 22.8 Å². The number of benzene rings is 1. The second-order valence-corrected chi connectivity index (χ2v) is 7.35. The lowest BCUT2D eigenvalue weighted by Gasteiger charge is -2.37. The number of hydrogen-bond acceptors (Lipinski definition) is 3. The number of aromatic nitrogens is 2. The molecule has 0 unspecified atom stereocenters. The molecule has 128 valence electrons. The second kappa shape index (κ2) is 6.26. The molecule has 0 spiro atoms. The van der Waals surface area contributed by atoms with Crippen LogP contribution in [0, 0.1) is 5.41 Å². The zero-order chi connectivity index (χ0) is 17.3. The van der Waals surface area contributed by atoms with E-state index in [2.05, 4.69) is 9.97 Å². The molecule has 2 aromatic rings. The second-order valence-electron chi connectivity index (χ2n) is 7.35. The van der Waals surface area contributed by atoms with Crippen molar-refractivity contribution in [3.8, 4) is 0 Å². The van der Waals surface area contributed by atoms with Crippen molar-refractivity contribution in [1.82, 2.24) is 19.8 Å². The number of imidazole rings is 1. The van der Waals surface area contributed by atoms with E-state index in [0.717, 1.165) is 16.6 Å². The van der Waals surface area contributed by atoms with Gasteiger partial charge in [0, 0.05) is 31.6 Å². The molecule has 6 heteroatoms. The molecule has 1 saturated heterocycles. The maximum atomic E-state index is 12.5. The third kappa shape index (κ3) is 3.42. The van der Waals surface area contributed by atoms with Crippen molar-refractivity contribution in [1.29, 1.82) is 0 Å². The first kappa shape index (κ1) is 16.5. The molecule has 1 N–H and O–H groups in total. The van der Waals surface area contributed by atoms with Crippen LogP contribution in [-0.4, -0.2) is 57.8 Å². The van der Waals surface area contributed by atoms with E-state index in [1.807, 2.05) is 48.8 Å². The number of rotatable bonds is 2. The van der Waals surface area contributed by atoms with E-state index >= 15 is 0 Å². The fourth-order valence-electron chi connectivity index (χ4n) is 3.01. The normalized spacial score (nSPS) is 15.8. The maximum Gasteiger partial charge on any atom is 0.228 e. The molecule has 1 aromatic heterocycles. The minimum atomic E-state index is -0.369. The number of nitrogens with zero attached hydrogens (tertiary/aromatic N) is 3. The molecule has 0 radical (unpaired) electrons. The zero-order valence-electron chi connectivity index (χ0n) is 14.5. The van der Waals surface area contributed by atoms with Crippen LogP contribution in [0.1, 0.15) is 26.3 Å². The highest BCUT2D eigenvalue weighted by Gasteiger charge is 2.30. The van der Waals surface area contributed by atoms with E-state index in [9.17, 15) is 9.59 Å². The van der Waals surface area contributed by atoms with Gasteiger partial charge < -0.3 is 14.8 Å². The van der Waals surface area contributed by atoms with Crippen LogP contribution >= 0.6 is 0 Å². The zero-order valence-corrected chi connectivity index (χ0v) is 14.5. The first-order chi connectivity index (χ1) is 11.3. The van der Waals surface area contributed by atoms with Gasteiger partial charge in [0.25, 0.3) is 0 Å². The Morgan fingerprint density at radius 2 is 1.79 bits per heavy atom. The summed E-state index contributed by atoms with van der Waals surface area (Å²) in [6.07, 6.45) is 2.03. The lowest BCUT2D eigenvalue weighted by molar-refractivity contribution is -0.144. The van der Waals surface area contributed by atoms with E-state index in [1.54, 1.807) is 6.33 Å². The topological polar surface area (TPSA) is 69.3 Å². The molecule has 1 aliphatic heterocycles. The number of fused-ring (bicyclic) bond motifs is 1. The number of amides is 2. The maximum absolute atomic E-state index is 12.5. The lowest BCUT2D eigenvalue weighted by atomic mass is 9.94. The number of carbonyl (C=O) groups is 2. The van der Waals surface area contributed by atoms with Gasteiger partial charge in [0.2, 0.25) is 11.8 Å². The first-order valence-corrected chi connectivity index (χ1v) is 8.34. The fourth-order valence-corrected chi connectivity index (χ4v) is 3.01. The van der Waals surface area contributed by atoms with Crippen molar-refractivity contribution in [2.24, 2.45) is 5.41 Å². The molecule has 0 saturated carbocycles. The Kier molecular flexibility index (Phi) is 4.30. The number of nitrogens with one attached hydrogen (secondary N) is 1. The Labute approximate surface area is 141 Å². The van der Waals surface area contributed by atoms with Crippen molar-refractivity contribution in [2.45, 2.75) is 27.2 Å². The van der Waals surface area contributed by atoms with E-state index in [0.29, 0.717) is 32.6 Å². The summed E-state index contributed by atoms with van der Waals surface area (Å²) in [5.41, 5.74) is 2.46. The lowest BCUT2D eigenvalue weighted by Crippen LogP contribution is -2.53. The average molecular weight is 328 g/mol. The molecule has 1 fully saturated rings. The number of carbonyl (C=O) groups excluding carboxylic acids is 2. The van der Waals surface area contributed by atoms with Crippen LogP contribution in [0.5, 0.6) is 0 Å². The third-order valence-electron chi connectivity index (χ3n) is 4.40. The number of H-pyrrole nitrogens is 1. The van der Waals surface area contributed by atoms with Gasteiger partial charge in [-0.3, -0.25) is 9.59 Å². The molecule has 1 aliphatic rings. The largest absolute Gasteiger partial charge is 0.345 e. The Bertz CT molecular complexity index is 752.